The number of aliphatic imine (C=N–C) groups is 1. The van der Waals surface area contributed by atoms with E-state index in [1.165, 1.54) is 12.8 Å². The smallest absolute Gasteiger partial charge is 0.191 e. The highest BCUT2D eigenvalue weighted by Crippen LogP contribution is 2.34. The molecule has 1 aliphatic carbocycles. The first-order valence-corrected chi connectivity index (χ1v) is 9.47. The number of benzene rings is 1. The molecule has 0 spiro atoms. The lowest BCUT2D eigenvalue weighted by Crippen LogP contribution is -2.36. The number of hydrogen-bond acceptors (Lipinski definition) is 4. The Hall–Kier alpha value is -2.76. The van der Waals surface area contributed by atoms with Crippen molar-refractivity contribution in [2.75, 3.05) is 14.2 Å². The van der Waals surface area contributed by atoms with E-state index in [-0.39, 0.29) is 6.10 Å². The fourth-order valence-electron chi connectivity index (χ4n) is 3.24. The molecule has 1 heterocycles. The molecule has 1 aliphatic rings. The predicted octanol–water partition coefficient (Wildman–Crippen LogP) is 3.28. The molecule has 144 valence electrons. The minimum absolute atomic E-state index is 0.279. The first-order valence-electron chi connectivity index (χ1n) is 9.47. The Kier molecular flexibility index (Phi) is 6.90. The van der Waals surface area contributed by atoms with Gasteiger partial charge in [-0.3, -0.25) is 9.98 Å². The molecule has 2 aromatic rings. The number of pyridine rings is 1. The van der Waals surface area contributed by atoms with Crippen LogP contribution < -0.4 is 20.1 Å². The molecule has 6 nitrogen and oxygen atoms in total. The Morgan fingerprint density at radius 2 is 1.93 bits per heavy atom. The molecule has 0 saturated heterocycles. The van der Waals surface area contributed by atoms with Gasteiger partial charge in [-0.2, -0.15) is 0 Å². The molecular weight excluding hydrogens is 340 g/mol. The molecule has 0 amide bonds. The highest BCUT2D eigenvalue weighted by molar-refractivity contribution is 5.79. The highest BCUT2D eigenvalue weighted by Gasteiger charge is 2.20. The zero-order valence-electron chi connectivity index (χ0n) is 16.1. The van der Waals surface area contributed by atoms with Gasteiger partial charge in [0.05, 0.1) is 25.5 Å². The highest BCUT2D eigenvalue weighted by atomic mass is 16.5. The number of ether oxygens (including phenoxy) is 2. The van der Waals surface area contributed by atoms with Crippen LogP contribution in [-0.4, -0.2) is 31.2 Å². The number of para-hydroxylation sites is 1. The summed E-state index contributed by atoms with van der Waals surface area (Å²) in [7, 11) is 3.44. The average molecular weight is 368 g/mol. The van der Waals surface area contributed by atoms with Crippen LogP contribution in [0.4, 0.5) is 0 Å². The van der Waals surface area contributed by atoms with Crippen molar-refractivity contribution in [3.8, 4) is 11.5 Å². The van der Waals surface area contributed by atoms with E-state index in [0.29, 0.717) is 13.1 Å². The van der Waals surface area contributed by atoms with Crippen LogP contribution in [0.3, 0.4) is 0 Å². The van der Waals surface area contributed by atoms with Crippen molar-refractivity contribution in [2.24, 2.45) is 4.99 Å². The minimum Gasteiger partial charge on any atom is -0.493 e. The number of aromatic nitrogens is 1. The van der Waals surface area contributed by atoms with Gasteiger partial charge in [-0.25, -0.2) is 0 Å². The monoisotopic (exact) mass is 368 g/mol. The van der Waals surface area contributed by atoms with E-state index in [1.54, 1.807) is 20.4 Å². The largest absolute Gasteiger partial charge is 0.493 e. The first-order chi connectivity index (χ1) is 13.3. The van der Waals surface area contributed by atoms with Gasteiger partial charge in [0, 0.05) is 25.4 Å². The Bertz CT molecular complexity index is 743. The van der Waals surface area contributed by atoms with Gasteiger partial charge in [0.1, 0.15) is 0 Å². The summed E-state index contributed by atoms with van der Waals surface area (Å²) in [6.07, 6.45) is 6.75. The van der Waals surface area contributed by atoms with Gasteiger partial charge < -0.3 is 20.1 Å². The molecule has 1 fully saturated rings. The summed E-state index contributed by atoms with van der Waals surface area (Å²) >= 11 is 0. The molecule has 27 heavy (non-hydrogen) atoms. The van der Waals surface area contributed by atoms with Crippen molar-refractivity contribution < 1.29 is 9.47 Å². The van der Waals surface area contributed by atoms with E-state index in [4.69, 9.17) is 9.47 Å². The number of hydrogen-bond donors (Lipinski definition) is 2. The van der Waals surface area contributed by atoms with Crippen LogP contribution in [-0.2, 0) is 13.1 Å². The van der Waals surface area contributed by atoms with Gasteiger partial charge >= 0.3 is 0 Å². The lowest BCUT2D eigenvalue weighted by molar-refractivity contribution is 0.198. The van der Waals surface area contributed by atoms with Crippen LogP contribution in [0, 0.1) is 0 Å². The van der Waals surface area contributed by atoms with Crippen LogP contribution in [0.1, 0.15) is 36.9 Å². The second-order valence-corrected chi connectivity index (χ2v) is 6.57. The maximum Gasteiger partial charge on any atom is 0.191 e. The number of rotatable bonds is 7. The maximum absolute atomic E-state index is 6.29. The summed E-state index contributed by atoms with van der Waals surface area (Å²) in [4.78, 5) is 8.60. The van der Waals surface area contributed by atoms with E-state index >= 15 is 0 Å². The van der Waals surface area contributed by atoms with E-state index in [9.17, 15) is 0 Å². The zero-order chi connectivity index (χ0) is 18.9. The van der Waals surface area contributed by atoms with Gasteiger partial charge in [-0.05, 0) is 43.9 Å². The van der Waals surface area contributed by atoms with Gasteiger partial charge in [0.2, 0.25) is 0 Å². The topological polar surface area (TPSA) is 67.8 Å². The first kappa shape index (κ1) is 19.0. The summed E-state index contributed by atoms with van der Waals surface area (Å²) in [5.74, 6) is 2.33. The standard InChI is InChI=1S/C21H28N4O2/c1-22-21(25-15-17-9-5-6-13-23-17)24-14-16-8-7-12-19(26-2)20(16)27-18-10-3-4-11-18/h5-9,12-13,18H,3-4,10-11,14-15H2,1-2H3,(H2,22,24,25). The van der Waals surface area contributed by atoms with Gasteiger partial charge in [-0.15, -0.1) is 0 Å². The molecule has 0 atom stereocenters. The third-order valence-electron chi connectivity index (χ3n) is 4.70. The molecular formula is C21H28N4O2. The van der Waals surface area contributed by atoms with E-state index < -0.39 is 0 Å². The fraction of sp³-hybridized carbons (Fsp3) is 0.429. The summed E-state index contributed by atoms with van der Waals surface area (Å²) in [6, 6.07) is 11.9. The van der Waals surface area contributed by atoms with Crippen molar-refractivity contribution in [2.45, 2.75) is 44.9 Å². The molecule has 0 unspecified atom stereocenters. The maximum atomic E-state index is 6.29. The lowest BCUT2D eigenvalue weighted by atomic mass is 10.1. The molecule has 0 aliphatic heterocycles. The van der Waals surface area contributed by atoms with Crippen molar-refractivity contribution in [3.63, 3.8) is 0 Å². The second-order valence-electron chi connectivity index (χ2n) is 6.57. The molecule has 6 heteroatoms. The Morgan fingerprint density at radius 3 is 2.63 bits per heavy atom. The second kappa shape index (κ2) is 9.80. The fourth-order valence-corrected chi connectivity index (χ4v) is 3.24. The van der Waals surface area contributed by atoms with Crippen molar-refractivity contribution in [3.05, 3.63) is 53.9 Å². The molecule has 3 rings (SSSR count). The molecule has 0 bridgehead atoms. The van der Waals surface area contributed by atoms with E-state index in [1.807, 2.05) is 30.3 Å². The molecule has 1 aromatic heterocycles. The number of nitrogens with one attached hydrogen (secondary N) is 2. The van der Waals surface area contributed by atoms with Crippen molar-refractivity contribution in [1.82, 2.24) is 15.6 Å². The zero-order valence-corrected chi connectivity index (χ0v) is 16.1. The van der Waals surface area contributed by atoms with Crippen LogP contribution in [0.15, 0.2) is 47.6 Å². The molecule has 0 radical (unpaired) electrons. The van der Waals surface area contributed by atoms with Crippen molar-refractivity contribution >= 4 is 5.96 Å². The minimum atomic E-state index is 0.279. The summed E-state index contributed by atoms with van der Waals surface area (Å²) in [5.41, 5.74) is 2.02. The van der Waals surface area contributed by atoms with Crippen molar-refractivity contribution in [1.29, 1.82) is 0 Å². The molecule has 2 N–H and O–H groups in total. The van der Waals surface area contributed by atoms with Crippen LogP contribution in [0.25, 0.3) is 0 Å². The summed E-state index contributed by atoms with van der Waals surface area (Å²) < 4.78 is 11.8. The van der Waals surface area contributed by atoms with Gasteiger partial charge in [0.15, 0.2) is 17.5 Å². The van der Waals surface area contributed by atoms with Gasteiger partial charge in [0.25, 0.3) is 0 Å². The third kappa shape index (κ3) is 5.36. The molecule has 1 saturated carbocycles. The van der Waals surface area contributed by atoms with Gasteiger partial charge in [-0.1, -0.05) is 18.2 Å². The van der Waals surface area contributed by atoms with E-state index in [2.05, 4.69) is 26.7 Å². The average Bonchev–Trinajstić information content (AvgIpc) is 3.23. The normalized spacial score (nSPS) is 14.8. The number of nitrogens with zero attached hydrogens (tertiary/aromatic N) is 2. The Morgan fingerprint density at radius 1 is 1.11 bits per heavy atom. The Balaban J connectivity index is 1.63. The SMILES string of the molecule is CN=C(NCc1ccccn1)NCc1cccc(OC)c1OC1CCCC1. The number of methoxy groups -OCH3 is 1. The van der Waals surface area contributed by atoms with E-state index in [0.717, 1.165) is 41.6 Å². The lowest BCUT2D eigenvalue weighted by Gasteiger charge is -2.20. The summed E-state index contributed by atoms with van der Waals surface area (Å²) in [6.45, 7) is 1.21. The van der Waals surface area contributed by atoms with Crippen LogP contribution in [0.2, 0.25) is 0 Å². The van der Waals surface area contributed by atoms with Crippen LogP contribution >= 0.6 is 0 Å². The Labute approximate surface area is 161 Å². The predicted molar refractivity (Wildman–Crippen MR) is 107 cm³/mol. The quantitative estimate of drug-likeness (QED) is 0.580. The number of guanidine groups is 1. The summed E-state index contributed by atoms with van der Waals surface area (Å²) in [5, 5.41) is 6.63. The third-order valence-corrected chi connectivity index (χ3v) is 4.70. The molecule has 1 aromatic carbocycles. The van der Waals surface area contributed by atoms with Crippen LogP contribution in [0.5, 0.6) is 11.5 Å².